The minimum Gasteiger partial charge on any atom is -0.497 e. The number of aromatic amines is 2. The molecule has 0 bridgehead atoms. The molecule has 194 valence electrons. The van der Waals surface area contributed by atoms with Gasteiger partial charge >= 0.3 is 0 Å². The predicted molar refractivity (Wildman–Crippen MR) is 152 cm³/mol. The second-order valence-corrected chi connectivity index (χ2v) is 10.4. The second-order valence-electron chi connectivity index (χ2n) is 10.4. The van der Waals surface area contributed by atoms with Crippen molar-refractivity contribution in [2.45, 2.75) is 20.8 Å². The van der Waals surface area contributed by atoms with Gasteiger partial charge in [-0.2, -0.15) is 5.10 Å². The number of para-hydroxylation sites is 1. The van der Waals surface area contributed by atoms with Gasteiger partial charge in [-0.25, -0.2) is 9.97 Å². The normalized spacial score (nSPS) is 11.7. The molecular weight excluding hydrogens is 490 g/mol. The topological polar surface area (TPSA) is 121 Å². The minimum atomic E-state index is -0.516. The van der Waals surface area contributed by atoms with Gasteiger partial charge < -0.3 is 15.0 Å². The van der Waals surface area contributed by atoms with Crippen molar-refractivity contribution >= 4 is 33.7 Å². The van der Waals surface area contributed by atoms with Crippen molar-refractivity contribution in [2.24, 2.45) is 5.41 Å². The summed E-state index contributed by atoms with van der Waals surface area (Å²) in [5, 5.41) is 10.5. The molecule has 0 aliphatic carbocycles. The van der Waals surface area contributed by atoms with Crippen LogP contribution in [0, 0.1) is 5.41 Å². The average molecular weight is 518 g/mol. The summed E-state index contributed by atoms with van der Waals surface area (Å²) in [5.41, 5.74) is 7.39. The molecule has 0 saturated carbocycles. The summed E-state index contributed by atoms with van der Waals surface area (Å²) in [6, 6.07) is 19.6. The number of rotatable bonds is 5. The van der Waals surface area contributed by atoms with Gasteiger partial charge in [0.15, 0.2) is 11.5 Å². The van der Waals surface area contributed by atoms with Crippen LogP contribution in [0.1, 0.15) is 20.8 Å². The fourth-order valence-corrected chi connectivity index (χ4v) is 4.36. The number of imidazole rings is 1. The number of carbonyl (C=O) groups is 1. The lowest BCUT2D eigenvalue weighted by molar-refractivity contribution is -0.123. The Bertz CT molecular complexity index is 1850. The molecule has 0 unspecified atom stereocenters. The maximum absolute atomic E-state index is 12.5. The number of hydrogen-bond acceptors (Lipinski definition) is 6. The van der Waals surface area contributed by atoms with Crippen molar-refractivity contribution in [1.82, 2.24) is 30.1 Å². The lowest BCUT2D eigenvalue weighted by Crippen LogP contribution is -2.27. The van der Waals surface area contributed by atoms with E-state index in [1.807, 2.05) is 81.4 Å². The predicted octanol–water partition coefficient (Wildman–Crippen LogP) is 6.22. The number of benzene rings is 2. The quantitative estimate of drug-likeness (QED) is 0.249. The van der Waals surface area contributed by atoms with Crippen molar-refractivity contribution in [3.63, 3.8) is 0 Å². The number of aromatic nitrogens is 6. The van der Waals surface area contributed by atoms with E-state index in [1.54, 1.807) is 19.5 Å². The number of methoxy groups -OCH3 is 1. The van der Waals surface area contributed by atoms with Crippen LogP contribution < -0.4 is 10.1 Å². The van der Waals surface area contributed by atoms with E-state index < -0.39 is 5.41 Å². The Kier molecular flexibility index (Phi) is 5.83. The molecule has 3 N–H and O–H groups in total. The summed E-state index contributed by atoms with van der Waals surface area (Å²) in [7, 11) is 1.66. The molecule has 39 heavy (non-hydrogen) atoms. The van der Waals surface area contributed by atoms with Gasteiger partial charge in [0, 0.05) is 22.7 Å². The molecule has 0 atom stereocenters. The summed E-state index contributed by atoms with van der Waals surface area (Å²) in [6.45, 7) is 5.60. The zero-order valence-electron chi connectivity index (χ0n) is 22.0. The van der Waals surface area contributed by atoms with Gasteiger partial charge in [0.2, 0.25) is 5.91 Å². The first-order valence-electron chi connectivity index (χ1n) is 12.6. The van der Waals surface area contributed by atoms with Gasteiger partial charge in [-0.3, -0.25) is 14.9 Å². The van der Waals surface area contributed by atoms with Crippen LogP contribution in [0.5, 0.6) is 5.75 Å². The Morgan fingerprint density at radius 3 is 2.56 bits per heavy atom. The van der Waals surface area contributed by atoms with E-state index in [4.69, 9.17) is 14.7 Å². The van der Waals surface area contributed by atoms with Gasteiger partial charge in [0.1, 0.15) is 11.3 Å². The van der Waals surface area contributed by atoms with E-state index in [1.165, 1.54) is 0 Å². The van der Waals surface area contributed by atoms with Crippen molar-refractivity contribution in [3.8, 4) is 39.7 Å². The molecule has 1 amide bonds. The maximum Gasteiger partial charge on any atom is 0.229 e. The monoisotopic (exact) mass is 517 g/mol. The Morgan fingerprint density at radius 1 is 0.897 bits per heavy atom. The average Bonchev–Trinajstić information content (AvgIpc) is 3.56. The molecule has 4 heterocycles. The standard InChI is InChI=1S/C30H27N7O2/c1-30(2,3)29(38)32-19-13-18(15-31-16-19)22-11-12-24-26(33-22)27(37-36-24)28-34-23-10-6-9-21(25(23)35-28)17-7-5-8-20(14-17)39-4/h5-16H,1-4H3,(H,32,38)(H,34,35)(H,36,37). The van der Waals surface area contributed by atoms with E-state index in [9.17, 15) is 4.79 Å². The van der Waals surface area contributed by atoms with E-state index in [0.29, 0.717) is 28.4 Å². The number of nitrogens with one attached hydrogen (secondary N) is 3. The Morgan fingerprint density at radius 2 is 1.74 bits per heavy atom. The smallest absolute Gasteiger partial charge is 0.229 e. The first-order valence-corrected chi connectivity index (χ1v) is 12.6. The zero-order valence-corrected chi connectivity index (χ0v) is 22.0. The maximum atomic E-state index is 12.5. The molecule has 6 rings (SSSR count). The number of H-pyrrole nitrogens is 2. The van der Waals surface area contributed by atoms with E-state index in [2.05, 4.69) is 25.5 Å². The van der Waals surface area contributed by atoms with Gasteiger partial charge in [-0.15, -0.1) is 0 Å². The SMILES string of the molecule is COc1cccc(-c2cccc3[nH]c(-c4n[nH]c5ccc(-c6cncc(NC(=O)C(C)(C)C)c6)nc45)nc23)c1. The number of pyridine rings is 2. The van der Waals surface area contributed by atoms with Crippen LogP contribution in [0.3, 0.4) is 0 Å². The zero-order chi connectivity index (χ0) is 27.1. The highest BCUT2D eigenvalue weighted by Gasteiger charge is 2.22. The van der Waals surface area contributed by atoms with Gasteiger partial charge in [-0.1, -0.05) is 45.0 Å². The van der Waals surface area contributed by atoms with Crippen LogP contribution in [0.4, 0.5) is 5.69 Å². The summed E-state index contributed by atoms with van der Waals surface area (Å²) >= 11 is 0. The van der Waals surface area contributed by atoms with Gasteiger partial charge in [0.05, 0.1) is 41.2 Å². The van der Waals surface area contributed by atoms with Crippen molar-refractivity contribution < 1.29 is 9.53 Å². The fourth-order valence-electron chi connectivity index (χ4n) is 4.36. The third kappa shape index (κ3) is 4.59. The number of fused-ring (bicyclic) bond motifs is 2. The molecule has 9 nitrogen and oxygen atoms in total. The Hall–Kier alpha value is -5.05. The van der Waals surface area contributed by atoms with E-state index in [-0.39, 0.29) is 5.91 Å². The molecule has 0 fully saturated rings. The lowest BCUT2D eigenvalue weighted by Gasteiger charge is -2.17. The molecule has 0 aliphatic heterocycles. The largest absolute Gasteiger partial charge is 0.497 e. The molecule has 0 aliphatic rings. The number of nitrogens with zero attached hydrogens (tertiary/aromatic N) is 4. The number of anilines is 1. The van der Waals surface area contributed by atoms with E-state index in [0.717, 1.165) is 39.0 Å². The first-order chi connectivity index (χ1) is 18.8. The number of hydrogen-bond donors (Lipinski definition) is 3. The molecule has 4 aromatic heterocycles. The van der Waals surface area contributed by atoms with Crippen molar-refractivity contribution in [3.05, 3.63) is 73.1 Å². The van der Waals surface area contributed by atoms with Crippen molar-refractivity contribution in [2.75, 3.05) is 12.4 Å². The summed E-state index contributed by atoms with van der Waals surface area (Å²) in [6.07, 6.45) is 3.35. The molecule has 0 radical (unpaired) electrons. The number of carbonyl (C=O) groups excluding carboxylic acids is 1. The fraction of sp³-hybridized carbons (Fsp3) is 0.167. The van der Waals surface area contributed by atoms with Crippen LogP contribution in [-0.2, 0) is 4.79 Å². The third-order valence-electron chi connectivity index (χ3n) is 6.50. The van der Waals surface area contributed by atoms with Gasteiger partial charge in [0.25, 0.3) is 0 Å². The number of ether oxygens (including phenoxy) is 1. The Labute approximate surface area is 224 Å². The minimum absolute atomic E-state index is 0.0832. The van der Waals surface area contributed by atoms with Crippen LogP contribution in [0.15, 0.2) is 73.1 Å². The van der Waals surface area contributed by atoms with E-state index >= 15 is 0 Å². The molecule has 2 aromatic carbocycles. The molecule has 9 heteroatoms. The van der Waals surface area contributed by atoms with Crippen LogP contribution in [-0.4, -0.2) is 43.2 Å². The lowest BCUT2D eigenvalue weighted by atomic mass is 9.95. The highest BCUT2D eigenvalue weighted by Crippen LogP contribution is 2.33. The van der Waals surface area contributed by atoms with Gasteiger partial charge in [-0.05, 0) is 42.0 Å². The molecular formula is C30H27N7O2. The highest BCUT2D eigenvalue weighted by atomic mass is 16.5. The third-order valence-corrected chi connectivity index (χ3v) is 6.50. The van der Waals surface area contributed by atoms with Crippen LogP contribution in [0.25, 0.3) is 56.0 Å². The molecule has 0 saturated heterocycles. The Balaban J connectivity index is 1.40. The van der Waals surface area contributed by atoms with Crippen LogP contribution in [0.2, 0.25) is 0 Å². The second kappa shape index (κ2) is 9.36. The first kappa shape index (κ1) is 24.3. The van der Waals surface area contributed by atoms with Crippen LogP contribution >= 0.6 is 0 Å². The van der Waals surface area contributed by atoms with Crippen molar-refractivity contribution in [1.29, 1.82) is 0 Å². The summed E-state index contributed by atoms with van der Waals surface area (Å²) in [4.78, 5) is 30.0. The highest BCUT2D eigenvalue weighted by molar-refractivity contribution is 5.97. The molecule has 0 spiro atoms. The summed E-state index contributed by atoms with van der Waals surface area (Å²) in [5.74, 6) is 1.31. The molecule has 6 aromatic rings. The number of amides is 1. The summed E-state index contributed by atoms with van der Waals surface area (Å²) < 4.78 is 5.41.